The Balaban J connectivity index is 0. The zero-order chi connectivity index (χ0) is 32.7. The van der Waals surface area contributed by atoms with Crippen molar-refractivity contribution in [1.29, 1.82) is 0 Å². The minimum atomic E-state index is -0.671. The normalized spacial score (nSPS) is 11.8. The molecule has 0 fully saturated rings. The van der Waals surface area contributed by atoms with Gasteiger partial charge in [-0.15, -0.1) is 0 Å². The van der Waals surface area contributed by atoms with Crippen LogP contribution in [0.15, 0.2) is 36.4 Å². The van der Waals surface area contributed by atoms with E-state index in [1.165, 1.54) is 24.0 Å². The number of likely N-dealkylation sites (N-methyl/N-ethyl adjacent to an activating group) is 1. The smallest absolute Gasteiger partial charge is 0.246 e. The Morgan fingerprint density at radius 2 is 1.52 bits per heavy atom. The van der Waals surface area contributed by atoms with Crippen LogP contribution in [0, 0.1) is 11.8 Å². The first-order valence-electron chi connectivity index (χ1n) is 15.1. The molecule has 0 aliphatic rings. The Morgan fingerprint density at radius 3 is 2.00 bits per heavy atom. The topological polar surface area (TPSA) is 133 Å². The number of benzene rings is 1. The first-order valence-corrected chi connectivity index (χ1v) is 15.1. The van der Waals surface area contributed by atoms with Crippen molar-refractivity contribution in [3.8, 4) is 0 Å². The number of allylic oxidation sites excluding steroid dienone is 2. The molecular weight excluding hydrogens is 534 g/mol. The number of unbranched alkanes of at least 4 members (excludes halogenated alkanes) is 3. The number of hydrogen-bond donors (Lipinski definition) is 3. The van der Waals surface area contributed by atoms with Gasteiger partial charge in [0.05, 0.1) is 13.2 Å². The van der Waals surface area contributed by atoms with Crippen LogP contribution in [0.2, 0.25) is 0 Å². The minimum Gasteiger partial charge on any atom is -0.392 e. The number of amides is 3. The number of aliphatic hydroxyl groups is 1. The van der Waals surface area contributed by atoms with Crippen molar-refractivity contribution in [2.45, 2.75) is 107 Å². The Hall–Kier alpha value is -3.33. The lowest BCUT2D eigenvalue weighted by molar-refractivity contribution is -0.131. The number of nitrogens with one attached hydrogen (secondary N) is 2. The van der Waals surface area contributed by atoms with E-state index in [9.17, 15) is 24.0 Å². The van der Waals surface area contributed by atoms with E-state index in [2.05, 4.69) is 17.6 Å². The number of aliphatic hydroxyl groups excluding tert-OH is 1. The van der Waals surface area contributed by atoms with Crippen molar-refractivity contribution in [2.24, 2.45) is 11.8 Å². The number of carbonyl (C=O) groups is 5. The molecule has 1 rings (SSSR count). The molecule has 0 heterocycles. The van der Waals surface area contributed by atoms with E-state index >= 15 is 0 Å². The SMILES string of the molecule is CC.CCC(C)C(=O)/C=C\C(C)=O.CCCCCCC(=O)NC(C(=O)NCC(=O)N(C)c1ccc(CO)cc1)C(C)C. The van der Waals surface area contributed by atoms with Crippen LogP contribution in [-0.4, -0.2) is 54.0 Å². The molecule has 0 aliphatic carbocycles. The molecule has 42 heavy (non-hydrogen) atoms. The van der Waals surface area contributed by atoms with E-state index in [0.717, 1.165) is 37.7 Å². The van der Waals surface area contributed by atoms with Crippen LogP contribution in [0.1, 0.15) is 99.5 Å². The number of nitrogens with zero attached hydrogens (tertiary/aromatic N) is 1. The highest BCUT2D eigenvalue weighted by molar-refractivity contribution is 5.98. The maximum absolute atomic E-state index is 12.5. The average Bonchev–Trinajstić information content (AvgIpc) is 2.99. The highest BCUT2D eigenvalue weighted by atomic mass is 16.3. The lowest BCUT2D eigenvalue weighted by Crippen LogP contribution is -2.51. The van der Waals surface area contributed by atoms with Gasteiger partial charge in [-0.3, -0.25) is 24.0 Å². The van der Waals surface area contributed by atoms with Crippen molar-refractivity contribution in [3.05, 3.63) is 42.0 Å². The van der Waals surface area contributed by atoms with Crippen LogP contribution in [-0.2, 0) is 30.6 Å². The fourth-order valence-corrected chi connectivity index (χ4v) is 3.42. The Morgan fingerprint density at radius 1 is 0.929 bits per heavy atom. The quantitative estimate of drug-likeness (QED) is 0.181. The molecule has 0 aromatic heterocycles. The molecule has 0 spiro atoms. The van der Waals surface area contributed by atoms with Crippen LogP contribution in [0.3, 0.4) is 0 Å². The lowest BCUT2D eigenvalue weighted by atomic mass is 10.0. The predicted molar refractivity (Wildman–Crippen MR) is 170 cm³/mol. The Labute approximate surface area is 253 Å². The number of rotatable bonds is 16. The monoisotopic (exact) mass is 589 g/mol. The van der Waals surface area contributed by atoms with Crippen molar-refractivity contribution >= 4 is 35.0 Å². The Kier molecular flexibility index (Phi) is 23.6. The molecule has 0 saturated heterocycles. The van der Waals surface area contributed by atoms with E-state index < -0.39 is 6.04 Å². The van der Waals surface area contributed by atoms with Gasteiger partial charge in [0.25, 0.3) is 0 Å². The molecule has 238 valence electrons. The van der Waals surface area contributed by atoms with E-state index in [4.69, 9.17) is 5.11 Å². The molecule has 3 N–H and O–H groups in total. The lowest BCUT2D eigenvalue weighted by Gasteiger charge is -2.23. The summed E-state index contributed by atoms with van der Waals surface area (Å²) in [5.41, 5.74) is 1.43. The summed E-state index contributed by atoms with van der Waals surface area (Å²) in [5.74, 6) is -0.881. The van der Waals surface area contributed by atoms with E-state index in [0.29, 0.717) is 12.1 Å². The zero-order valence-electron chi connectivity index (χ0n) is 27.3. The van der Waals surface area contributed by atoms with Crippen molar-refractivity contribution in [3.63, 3.8) is 0 Å². The molecule has 0 radical (unpaired) electrons. The fraction of sp³-hybridized carbons (Fsp3) is 0.606. The van der Waals surface area contributed by atoms with Crippen LogP contribution in [0.4, 0.5) is 5.69 Å². The maximum Gasteiger partial charge on any atom is 0.246 e. The first kappa shape index (κ1) is 40.8. The van der Waals surface area contributed by atoms with Gasteiger partial charge in [0.15, 0.2) is 11.6 Å². The standard InChI is InChI=1S/C22H35N3O4.C9H14O2.C2H6/c1-5-6-7-8-9-19(27)24-21(16(2)3)22(29)23-14-20(28)25(4)18-12-10-17(15-26)11-13-18;1-4-7(2)9(11)6-5-8(3)10;1-2/h10-13,16,21,26H,5-9,14-15H2,1-4H3,(H,23,29)(H,24,27);5-7H,4H2,1-3H3;1-2H3/b;6-5-;. The second-order valence-electron chi connectivity index (χ2n) is 10.3. The number of carbonyl (C=O) groups excluding carboxylic acids is 5. The number of hydrogen-bond acceptors (Lipinski definition) is 6. The second-order valence-corrected chi connectivity index (χ2v) is 10.3. The summed E-state index contributed by atoms with van der Waals surface area (Å²) in [6, 6.07) is 6.28. The minimum absolute atomic E-state index is 0.0303. The van der Waals surface area contributed by atoms with Crippen LogP contribution in [0.25, 0.3) is 0 Å². The molecular formula is C33H55N3O6. The van der Waals surface area contributed by atoms with Crippen LogP contribution >= 0.6 is 0 Å². The molecule has 1 aromatic rings. The van der Waals surface area contributed by atoms with Gasteiger partial charge < -0.3 is 20.6 Å². The predicted octanol–water partition coefficient (Wildman–Crippen LogP) is 5.14. The molecule has 9 nitrogen and oxygen atoms in total. The summed E-state index contributed by atoms with van der Waals surface area (Å²) in [4.78, 5) is 59.9. The van der Waals surface area contributed by atoms with Gasteiger partial charge >= 0.3 is 0 Å². The third-order valence-electron chi connectivity index (χ3n) is 6.40. The van der Waals surface area contributed by atoms with Crippen LogP contribution in [0.5, 0.6) is 0 Å². The van der Waals surface area contributed by atoms with Crippen molar-refractivity contribution < 1.29 is 29.1 Å². The number of ketones is 2. The van der Waals surface area contributed by atoms with E-state index in [-0.39, 0.29) is 54.3 Å². The van der Waals surface area contributed by atoms with E-state index in [1.54, 1.807) is 31.3 Å². The molecule has 3 amide bonds. The van der Waals surface area contributed by atoms with Gasteiger partial charge in [-0.25, -0.2) is 0 Å². The molecule has 0 saturated carbocycles. The second kappa shape index (κ2) is 24.3. The van der Waals surface area contributed by atoms with Gasteiger partial charge in [-0.1, -0.05) is 79.9 Å². The first-order chi connectivity index (χ1) is 19.9. The summed E-state index contributed by atoms with van der Waals surface area (Å²) in [6.45, 7) is 14.8. The summed E-state index contributed by atoms with van der Waals surface area (Å²) < 4.78 is 0. The van der Waals surface area contributed by atoms with Gasteiger partial charge in [0.2, 0.25) is 17.7 Å². The Bertz CT molecular complexity index is 973. The molecule has 2 unspecified atom stereocenters. The molecule has 2 atom stereocenters. The molecule has 0 aliphatic heterocycles. The van der Waals surface area contributed by atoms with Crippen molar-refractivity contribution in [1.82, 2.24) is 10.6 Å². The summed E-state index contributed by atoms with van der Waals surface area (Å²) in [5, 5.41) is 14.5. The molecule has 9 heteroatoms. The maximum atomic E-state index is 12.5. The zero-order valence-corrected chi connectivity index (χ0v) is 27.3. The average molecular weight is 590 g/mol. The van der Waals surface area contributed by atoms with E-state index in [1.807, 2.05) is 41.5 Å². The van der Waals surface area contributed by atoms with Gasteiger partial charge in [0.1, 0.15) is 6.04 Å². The fourth-order valence-electron chi connectivity index (χ4n) is 3.42. The van der Waals surface area contributed by atoms with Crippen LogP contribution < -0.4 is 15.5 Å². The summed E-state index contributed by atoms with van der Waals surface area (Å²) in [7, 11) is 1.63. The summed E-state index contributed by atoms with van der Waals surface area (Å²) in [6.07, 6.45) is 7.91. The van der Waals surface area contributed by atoms with Gasteiger partial charge in [-0.2, -0.15) is 0 Å². The third-order valence-corrected chi connectivity index (χ3v) is 6.40. The highest BCUT2D eigenvalue weighted by Gasteiger charge is 2.24. The van der Waals surface area contributed by atoms with Gasteiger partial charge in [-0.05, 0) is 55.5 Å². The number of anilines is 1. The van der Waals surface area contributed by atoms with Gasteiger partial charge in [0, 0.05) is 25.1 Å². The highest BCUT2D eigenvalue weighted by Crippen LogP contribution is 2.14. The third kappa shape index (κ3) is 18.2. The molecule has 1 aromatic carbocycles. The largest absolute Gasteiger partial charge is 0.392 e. The summed E-state index contributed by atoms with van der Waals surface area (Å²) >= 11 is 0. The molecule has 0 bridgehead atoms. The van der Waals surface area contributed by atoms with Crippen molar-refractivity contribution in [2.75, 3.05) is 18.5 Å².